The van der Waals surface area contributed by atoms with Crippen LogP contribution in [0.25, 0.3) is 0 Å². The zero-order valence-corrected chi connectivity index (χ0v) is 14.5. The molecule has 1 rings (SSSR count). The van der Waals surface area contributed by atoms with Crippen molar-refractivity contribution < 1.29 is 8.42 Å². The Balaban J connectivity index is 2.86. The number of sulfonamides is 1. The maximum absolute atomic E-state index is 12.4. The van der Waals surface area contributed by atoms with Gasteiger partial charge in [0.05, 0.1) is 17.9 Å². The molecule has 0 aliphatic heterocycles. The zero-order valence-electron chi connectivity index (χ0n) is 13.7. The summed E-state index contributed by atoms with van der Waals surface area (Å²) in [5, 5.41) is 7.65. The fourth-order valence-electron chi connectivity index (χ4n) is 2.12. The Morgan fingerprint density at radius 2 is 1.90 bits per heavy atom. The molecule has 0 saturated carbocycles. The molecule has 1 aromatic heterocycles. The molecule has 0 aromatic carbocycles. The predicted octanol–water partition coefficient (Wildman–Crippen LogP) is 1.43. The Labute approximate surface area is 128 Å². The molecule has 0 atom stereocenters. The fraction of sp³-hybridized carbons (Fsp3) is 0.786. The minimum absolute atomic E-state index is 0.272. The molecule has 0 bridgehead atoms. The number of rotatable bonds is 9. The van der Waals surface area contributed by atoms with Crippen molar-refractivity contribution in [3.05, 3.63) is 11.4 Å². The Morgan fingerprint density at radius 1 is 1.24 bits per heavy atom. The van der Waals surface area contributed by atoms with Gasteiger partial charge in [-0.05, 0) is 32.7 Å². The van der Waals surface area contributed by atoms with Gasteiger partial charge < -0.3 is 5.32 Å². The fourth-order valence-corrected chi connectivity index (χ4v) is 3.74. The van der Waals surface area contributed by atoms with Crippen molar-refractivity contribution in [3.63, 3.8) is 0 Å². The Morgan fingerprint density at radius 3 is 2.48 bits per heavy atom. The third-order valence-electron chi connectivity index (χ3n) is 3.19. The first kappa shape index (κ1) is 18.1. The molecule has 0 unspecified atom stereocenters. The van der Waals surface area contributed by atoms with Crippen molar-refractivity contribution in [1.29, 1.82) is 0 Å². The highest BCUT2D eigenvalue weighted by molar-refractivity contribution is 7.89. The first-order chi connectivity index (χ1) is 9.79. The summed E-state index contributed by atoms with van der Waals surface area (Å²) in [6, 6.07) is 0. The van der Waals surface area contributed by atoms with Crippen LogP contribution in [0.5, 0.6) is 0 Å². The Kier molecular flexibility index (Phi) is 6.83. The second-order valence-corrected chi connectivity index (χ2v) is 7.42. The highest BCUT2D eigenvalue weighted by Crippen LogP contribution is 2.19. The maximum Gasteiger partial charge on any atom is 0.244 e. The van der Waals surface area contributed by atoms with Crippen LogP contribution in [0.4, 0.5) is 0 Å². The SMILES string of the molecule is CCCNCCn1nc(C)c(S(=O)(=O)NCC(C)C)c1C. The second kappa shape index (κ2) is 7.91. The third-order valence-corrected chi connectivity index (χ3v) is 4.87. The normalized spacial score (nSPS) is 12.3. The second-order valence-electron chi connectivity index (χ2n) is 5.72. The molecule has 0 saturated heterocycles. The van der Waals surface area contributed by atoms with Crippen LogP contribution in [0.2, 0.25) is 0 Å². The van der Waals surface area contributed by atoms with Crippen LogP contribution in [-0.4, -0.2) is 37.8 Å². The van der Waals surface area contributed by atoms with Gasteiger partial charge in [0.2, 0.25) is 10.0 Å². The molecule has 0 amide bonds. The molecule has 6 nitrogen and oxygen atoms in total. The lowest BCUT2D eigenvalue weighted by molar-refractivity contribution is 0.538. The monoisotopic (exact) mass is 316 g/mol. The van der Waals surface area contributed by atoms with E-state index in [1.165, 1.54) is 0 Å². The highest BCUT2D eigenvalue weighted by Gasteiger charge is 2.24. The van der Waals surface area contributed by atoms with Gasteiger partial charge in [-0.3, -0.25) is 4.68 Å². The van der Waals surface area contributed by atoms with Crippen molar-refractivity contribution in [2.45, 2.75) is 52.5 Å². The van der Waals surface area contributed by atoms with Crippen LogP contribution in [-0.2, 0) is 16.6 Å². The zero-order chi connectivity index (χ0) is 16.0. The number of nitrogens with one attached hydrogen (secondary N) is 2. The van der Waals surface area contributed by atoms with Crippen molar-refractivity contribution in [2.75, 3.05) is 19.6 Å². The van der Waals surface area contributed by atoms with Crippen LogP contribution in [0.3, 0.4) is 0 Å². The lowest BCUT2D eigenvalue weighted by atomic mass is 10.2. The number of hydrogen-bond donors (Lipinski definition) is 2. The lowest BCUT2D eigenvalue weighted by Crippen LogP contribution is -2.28. The summed E-state index contributed by atoms with van der Waals surface area (Å²) in [5.74, 6) is 0.272. The van der Waals surface area contributed by atoms with Gasteiger partial charge in [0.1, 0.15) is 4.90 Å². The lowest BCUT2D eigenvalue weighted by Gasteiger charge is -2.10. The van der Waals surface area contributed by atoms with Gasteiger partial charge in [-0.15, -0.1) is 0 Å². The van der Waals surface area contributed by atoms with E-state index in [4.69, 9.17) is 0 Å². The van der Waals surface area contributed by atoms with E-state index in [1.807, 2.05) is 20.8 Å². The number of hydrogen-bond acceptors (Lipinski definition) is 4. The molecule has 21 heavy (non-hydrogen) atoms. The Bertz CT molecular complexity index is 550. The summed E-state index contributed by atoms with van der Waals surface area (Å²) in [7, 11) is -3.48. The predicted molar refractivity (Wildman–Crippen MR) is 84.9 cm³/mol. The summed E-state index contributed by atoms with van der Waals surface area (Å²) < 4.78 is 29.2. The maximum atomic E-state index is 12.4. The van der Waals surface area contributed by atoms with Crippen molar-refractivity contribution in [2.24, 2.45) is 5.92 Å². The molecule has 0 spiro atoms. The average Bonchev–Trinajstić information content (AvgIpc) is 2.68. The average molecular weight is 316 g/mol. The van der Waals surface area contributed by atoms with Crippen LogP contribution in [0.1, 0.15) is 38.6 Å². The summed E-state index contributed by atoms with van der Waals surface area (Å²) in [6.07, 6.45) is 1.08. The smallest absolute Gasteiger partial charge is 0.244 e. The van der Waals surface area contributed by atoms with E-state index in [1.54, 1.807) is 11.6 Å². The molecular formula is C14H28N4O2S. The van der Waals surface area contributed by atoms with Crippen LogP contribution < -0.4 is 10.0 Å². The van der Waals surface area contributed by atoms with Gasteiger partial charge in [0.15, 0.2) is 0 Å². The van der Waals surface area contributed by atoms with E-state index in [2.05, 4.69) is 22.1 Å². The van der Waals surface area contributed by atoms with Crippen LogP contribution in [0.15, 0.2) is 4.90 Å². The molecule has 0 radical (unpaired) electrons. The molecule has 1 heterocycles. The number of aromatic nitrogens is 2. The molecule has 122 valence electrons. The number of nitrogens with zero attached hydrogens (tertiary/aromatic N) is 2. The first-order valence-corrected chi connectivity index (χ1v) is 9.02. The minimum atomic E-state index is -3.48. The largest absolute Gasteiger partial charge is 0.315 e. The van der Waals surface area contributed by atoms with Gasteiger partial charge in [-0.25, -0.2) is 13.1 Å². The molecule has 0 fully saturated rings. The van der Waals surface area contributed by atoms with E-state index in [9.17, 15) is 8.42 Å². The molecule has 1 aromatic rings. The summed E-state index contributed by atoms with van der Waals surface area (Å²) >= 11 is 0. The molecule has 2 N–H and O–H groups in total. The van der Waals surface area contributed by atoms with E-state index in [0.29, 0.717) is 29.4 Å². The quantitative estimate of drug-likeness (QED) is 0.676. The van der Waals surface area contributed by atoms with E-state index in [0.717, 1.165) is 19.5 Å². The van der Waals surface area contributed by atoms with Crippen LogP contribution in [0, 0.1) is 19.8 Å². The topological polar surface area (TPSA) is 76.0 Å². The standard InChI is InChI=1S/C14H28N4O2S/c1-6-7-15-8-9-18-13(5)14(12(4)17-18)21(19,20)16-10-11(2)3/h11,15-16H,6-10H2,1-5H3. The van der Waals surface area contributed by atoms with Crippen molar-refractivity contribution >= 4 is 10.0 Å². The summed E-state index contributed by atoms with van der Waals surface area (Å²) in [6.45, 7) is 12.5. The van der Waals surface area contributed by atoms with Gasteiger partial charge in [0.25, 0.3) is 0 Å². The Hall–Kier alpha value is -0.920. The molecule has 0 aliphatic carbocycles. The number of aryl methyl sites for hydroxylation is 1. The summed E-state index contributed by atoms with van der Waals surface area (Å²) in [5.41, 5.74) is 1.25. The van der Waals surface area contributed by atoms with Gasteiger partial charge in [-0.1, -0.05) is 20.8 Å². The minimum Gasteiger partial charge on any atom is -0.315 e. The molecular weight excluding hydrogens is 288 g/mol. The van der Waals surface area contributed by atoms with E-state index >= 15 is 0 Å². The van der Waals surface area contributed by atoms with Crippen molar-refractivity contribution in [3.8, 4) is 0 Å². The van der Waals surface area contributed by atoms with Crippen LogP contribution >= 0.6 is 0 Å². The third kappa shape index (κ3) is 5.09. The molecule has 7 heteroatoms. The highest BCUT2D eigenvalue weighted by atomic mass is 32.2. The first-order valence-electron chi connectivity index (χ1n) is 7.54. The van der Waals surface area contributed by atoms with Crippen molar-refractivity contribution in [1.82, 2.24) is 19.8 Å². The van der Waals surface area contributed by atoms with E-state index < -0.39 is 10.0 Å². The van der Waals surface area contributed by atoms with Gasteiger partial charge >= 0.3 is 0 Å². The van der Waals surface area contributed by atoms with Gasteiger partial charge in [-0.2, -0.15) is 5.10 Å². The van der Waals surface area contributed by atoms with E-state index in [-0.39, 0.29) is 5.92 Å². The van der Waals surface area contributed by atoms with Gasteiger partial charge in [0, 0.05) is 13.1 Å². The molecule has 0 aliphatic rings. The summed E-state index contributed by atoms with van der Waals surface area (Å²) in [4.78, 5) is 0.318.